The van der Waals surface area contributed by atoms with Crippen molar-refractivity contribution in [1.29, 1.82) is 0 Å². The molecule has 4 aromatic rings. The number of nitrogens with zero attached hydrogens (tertiary/aromatic N) is 2. The Kier molecular flexibility index (Phi) is 3.85. The Labute approximate surface area is 144 Å². The van der Waals surface area contributed by atoms with Crippen molar-refractivity contribution in [2.75, 3.05) is 12.4 Å². The van der Waals surface area contributed by atoms with Crippen LogP contribution in [0.1, 0.15) is 11.3 Å². The molecule has 2 aromatic heterocycles. The number of fused-ring (bicyclic) bond motifs is 1. The molecule has 0 aliphatic carbocycles. The summed E-state index contributed by atoms with van der Waals surface area (Å²) in [5.74, 6) is 1.43. The first kappa shape index (κ1) is 15.3. The smallest absolute Gasteiger partial charge is 0.296 e. The lowest BCUT2D eigenvalue weighted by Crippen LogP contribution is -1.97. The third-order valence-electron chi connectivity index (χ3n) is 3.97. The van der Waals surface area contributed by atoms with E-state index < -0.39 is 0 Å². The van der Waals surface area contributed by atoms with Gasteiger partial charge in [0.25, 0.3) is 6.01 Å². The zero-order valence-corrected chi connectivity index (χ0v) is 13.9. The summed E-state index contributed by atoms with van der Waals surface area (Å²) < 4.78 is 16.5. The highest BCUT2D eigenvalue weighted by Crippen LogP contribution is 2.29. The van der Waals surface area contributed by atoms with Gasteiger partial charge in [0.15, 0.2) is 11.3 Å². The zero-order chi connectivity index (χ0) is 17.2. The average molecular weight is 335 g/mol. The van der Waals surface area contributed by atoms with Gasteiger partial charge >= 0.3 is 0 Å². The monoisotopic (exact) mass is 335 g/mol. The van der Waals surface area contributed by atoms with Gasteiger partial charge < -0.3 is 19.0 Å². The van der Waals surface area contributed by atoms with Crippen molar-refractivity contribution in [3.63, 3.8) is 0 Å². The minimum Gasteiger partial charge on any atom is -0.496 e. The Morgan fingerprint density at radius 1 is 1.12 bits per heavy atom. The molecule has 0 spiro atoms. The molecule has 0 saturated carbocycles. The summed E-state index contributed by atoms with van der Waals surface area (Å²) in [5, 5.41) is 7.25. The van der Waals surface area contributed by atoms with Crippen LogP contribution in [0.2, 0.25) is 0 Å². The number of para-hydroxylation sites is 2. The molecule has 126 valence electrons. The van der Waals surface area contributed by atoms with Gasteiger partial charge in [-0.25, -0.2) is 0 Å². The number of methoxy groups -OCH3 is 1. The molecule has 0 aliphatic rings. The van der Waals surface area contributed by atoms with Crippen LogP contribution in [0.3, 0.4) is 0 Å². The Bertz CT molecular complexity index is 1020. The number of anilines is 1. The van der Waals surface area contributed by atoms with Crippen molar-refractivity contribution in [2.24, 2.45) is 0 Å². The second-order valence-electron chi connectivity index (χ2n) is 5.67. The Balaban J connectivity index is 1.52. The standard InChI is InChI=1S/C19H17N3O3/c1-12-6-5-8-15-18(12)24-19(21-15)20-11-13-10-16(22-25-13)14-7-3-4-9-17(14)23-2/h3-10H,11H2,1-2H3,(H,20,21). The van der Waals surface area contributed by atoms with Crippen LogP contribution in [0.4, 0.5) is 6.01 Å². The quantitative estimate of drug-likeness (QED) is 0.582. The lowest BCUT2D eigenvalue weighted by atomic mass is 10.1. The van der Waals surface area contributed by atoms with E-state index in [9.17, 15) is 0 Å². The first-order chi connectivity index (χ1) is 12.2. The highest BCUT2D eigenvalue weighted by Gasteiger charge is 2.12. The normalized spacial score (nSPS) is 11.0. The van der Waals surface area contributed by atoms with E-state index in [1.807, 2.05) is 55.5 Å². The number of benzene rings is 2. The van der Waals surface area contributed by atoms with Gasteiger partial charge in [-0.2, -0.15) is 4.98 Å². The molecule has 6 nitrogen and oxygen atoms in total. The molecule has 0 fully saturated rings. The van der Waals surface area contributed by atoms with E-state index in [-0.39, 0.29) is 0 Å². The molecule has 0 unspecified atom stereocenters. The van der Waals surface area contributed by atoms with Gasteiger partial charge in [-0.3, -0.25) is 0 Å². The van der Waals surface area contributed by atoms with Crippen LogP contribution in [0.15, 0.2) is 57.5 Å². The lowest BCUT2D eigenvalue weighted by molar-refractivity contribution is 0.387. The fraction of sp³-hybridized carbons (Fsp3) is 0.158. The maximum absolute atomic E-state index is 5.74. The van der Waals surface area contributed by atoms with Crippen molar-refractivity contribution in [2.45, 2.75) is 13.5 Å². The van der Waals surface area contributed by atoms with E-state index in [1.54, 1.807) is 7.11 Å². The molecular weight excluding hydrogens is 318 g/mol. The van der Waals surface area contributed by atoms with Crippen molar-refractivity contribution in [3.8, 4) is 17.0 Å². The van der Waals surface area contributed by atoms with Crippen molar-refractivity contribution >= 4 is 17.1 Å². The average Bonchev–Trinajstić information content (AvgIpc) is 3.27. The largest absolute Gasteiger partial charge is 0.496 e. The number of aromatic nitrogens is 2. The third kappa shape index (κ3) is 2.94. The predicted octanol–water partition coefficient (Wildman–Crippen LogP) is 4.41. The van der Waals surface area contributed by atoms with Crippen molar-refractivity contribution in [1.82, 2.24) is 10.1 Å². The van der Waals surface area contributed by atoms with E-state index in [0.717, 1.165) is 33.7 Å². The molecule has 0 saturated heterocycles. The molecule has 4 rings (SSSR count). The third-order valence-corrected chi connectivity index (χ3v) is 3.97. The maximum Gasteiger partial charge on any atom is 0.296 e. The van der Waals surface area contributed by atoms with Gasteiger partial charge in [0.2, 0.25) is 0 Å². The second-order valence-corrected chi connectivity index (χ2v) is 5.67. The predicted molar refractivity (Wildman–Crippen MR) is 94.6 cm³/mol. The SMILES string of the molecule is COc1ccccc1-c1cc(CNc2nc3cccc(C)c3o2)on1. The molecule has 0 atom stereocenters. The number of rotatable bonds is 5. The van der Waals surface area contributed by atoms with Gasteiger partial charge in [-0.15, -0.1) is 0 Å². The molecule has 25 heavy (non-hydrogen) atoms. The van der Waals surface area contributed by atoms with Gasteiger partial charge in [-0.05, 0) is 30.7 Å². The maximum atomic E-state index is 5.74. The number of aryl methyl sites for hydroxylation is 1. The minimum atomic E-state index is 0.425. The van der Waals surface area contributed by atoms with Crippen LogP contribution in [-0.4, -0.2) is 17.3 Å². The van der Waals surface area contributed by atoms with E-state index >= 15 is 0 Å². The van der Waals surface area contributed by atoms with Gasteiger partial charge in [0, 0.05) is 11.6 Å². The molecule has 0 aliphatic heterocycles. The Morgan fingerprint density at radius 2 is 2.00 bits per heavy atom. The Hall–Kier alpha value is -3.28. The summed E-state index contributed by atoms with van der Waals surface area (Å²) in [4.78, 5) is 4.42. The van der Waals surface area contributed by atoms with Gasteiger partial charge in [-0.1, -0.05) is 29.4 Å². The van der Waals surface area contributed by atoms with E-state index in [2.05, 4.69) is 15.5 Å². The van der Waals surface area contributed by atoms with Crippen LogP contribution in [-0.2, 0) is 6.54 Å². The molecule has 2 heterocycles. The molecule has 6 heteroatoms. The van der Waals surface area contributed by atoms with Crippen molar-refractivity contribution < 1.29 is 13.7 Å². The fourth-order valence-corrected chi connectivity index (χ4v) is 2.70. The number of nitrogens with one attached hydrogen (secondary N) is 1. The fourth-order valence-electron chi connectivity index (χ4n) is 2.70. The second kappa shape index (κ2) is 6.32. The topological polar surface area (TPSA) is 73.3 Å². The molecule has 0 bridgehead atoms. The lowest BCUT2D eigenvalue weighted by Gasteiger charge is -2.03. The van der Waals surface area contributed by atoms with Crippen molar-refractivity contribution in [3.05, 3.63) is 59.9 Å². The van der Waals surface area contributed by atoms with Crippen LogP contribution in [0.5, 0.6) is 5.75 Å². The summed E-state index contributed by atoms with van der Waals surface area (Å²) in [7, 11) is 1.64. The summed E-state index contributed by atoms with van der Waals surface area (Å²) in [6.45, 7) is 2.42. The van der Waals surface area contributed by atoms with E-state index in [4.69, 9.17) is 13.7 Å². The summed E-state index contributed by atoms with van der Waals surface area (Å²) >= 11 is 0. The molecule has 0 amide bonds. The number of hydrogen-bond donors (Lipinski definition) is 1. The highest BCUT2D eigenvalue weighted by molar-refractivity contribution is 5.77. The number of ether oxygens (including phenoxy) is 1. The highest BCUT2D eigenvalue weighted by atomic mass is 16.5. The minimum absolute atomic E-state index is 0.425. The van der Waals surface area contributed by atoms with E-state index in [0.29, 0.717) is 18.3 Å². The van der Waals surface area contributed by atoms with Gasteiger partial charge in [0.1, 0.15) is 17.0 Å². The summed E-state index contributed by atoms with van der Waals surface area (Å²) in [6.07, 6.45) is 0. The summed E-state index contributed by atoms with van der Waals surface area (Å²) in [5.41, 5.74) is 4.28. The number of hydrogen-bond acceptors (Lipinski definition) is 6. The van der Waals surface area contributed by atoms with Gasteiger partial charge in [0.05, 0.1) is 13.7 Å². The zero-order valence-electron chi connectivity index (χ0n) is 13.9. The molecule has 0 radical (unpaired) electrons. The first-order valence-electron chi connectivity index (χ1n) is 7.93. The van der Waals surface area contributed by atoms with Crippen LogP contribution in [0.25, 0.3) is 22.4 Å². The van der Waals surface area contributed by atoms with E-state index in [1.165, 1.54) is 0 Å². The molecular formula is C19H17N3O3. The van der Waals surface area contributed by atoms with Crippen LogP contribution < -0.4 is 10.1 Å². The molecule has 2 aromatic carbocycles. The number of oxazole rings is 1. The Morgan fingerprint density at radius 3 is 2.84 bits per heavy atom. The first-order valence-corrected chi connectivity index (χ1v) is 7.93. The molecule has 1 N–H and O–H groups in total. The van der Waals surface area contributed by atoms with Crippen LogP contribution >= 0.6 is 0 Å². The summed E-state index contributed by atoms with van der Waals surface area (Å²) in [6, 6.07) is 15.9. The van der Waals surface area contributed by atoms with Crippen LogP contribution in [0, 0.1) is 6.92 Å².